The molecular formula is C10H16ClN. The normalized spacial score (nSPS) is 11.9. The molecule has 12 heavy (non-hydrogen) atoms. The van der Waals surface area contributed by atoms with Gasteiger partial charge in [0.25, 0.3) is 0 Å². The predicted octanol–water partition coefficient (Wildman–Crippen LogP) is 2.69. The molecule has 0 aromatic heterocycles. The Labute approximate surface area is 80.4 Å². The molecule has 0 saturated heterocycles. The van der Waals surface area contributed by atoms with Crippen LogP contribution in [0.3, 0.4) is 0 Å². The van der Waals surface area contributed by atoms with Crippen LogP contribution in [0.1, 0.15) is 31.0 Å². The molecule has 0 saturated carbocycles. The second-order valence-corrected chi connectivity index (χ2v) is 2.88. The first-order valence-corrected chi connectivity index (χ1v) is 4.08. The lowest BCUT2D eigenvalue weighted by Crippen LogP contribution is -2.04. The fraction of sp³-hybridized carbons (Fsp3) is 0.400. The third-order valence-corrected chi connectivity index (χ3v) is 1.91. The summed E-state index contributed by atoms with van der Waals surface area (Å²) in [7, 11) is 0. The highest BCUT2D eigenvalue weighted by atomic mass is 35.5. The number of hydrogen-bond acceptors (Lipinski definition) is 1. The van der Waals surface area contributed by atoms with Gasteiger partial charge in [-0.1, -0.05) is 31.2 Å². The van der Waals surface area contributed by atoms with Gasteiger partial charge in [-0.15, -0.1) is 12.4 Å². The molecule has 0 fully saturated rings. The summed E-state index contributed by atoms with van der Waals surface area (Å²) in [5, 5.41) is 0. The first-order chi connectivity index (χ1) is 5.24. The van der Waals surface area contributed by atoms with Crippen LogP contribution in [-0.4, -0.2) is 0 Å². The predicted molar refractivity (Wildman–Crippen MR) is 55.7 cm³/mol. The Morgan fingerprint density at radius 2 is 1.75 bits per heavy atom. The molecule has 0 aliphatic heterocycles. The van der Waals surface area contributed by atoms with Gasteiger partial charge in [-0.3, -0.25) is 0 Å². The van der Waals surface area contributed by atoms with Gasteiger partial charge in [0.15, 0.2) is 0 Å². The Hall–Kier alpha value is -0.530. The third-order valence-electron chi connectivity index (χ3n) is 1.91. The van der Waals surface area contributed by atoms with Gasteiger partial charge in [0.2, 0.25) is 0 Å². The zero-order chi connectivity index (χ0) is 8.27. The molecule has 0 amide bonds. The summed E-state index contributed by atoms with van der Waals surface area (Å²) in [6.45, 7) is 4.15. The van der Waals surface area contributed by atoms with Crippen molar-refractivity contribution in [1.29, 1.82) is 0 Å². The molecule has 2 N–H and O–H groups in total. The van der Waals surface area contributed by atoms with Gasteiger partial charge in [-0.2, -0.15) is 0 Å². The minimum atomic E-state index is 0. The highest BCUT2D eigenvalue weighted by Gasteiger charge is 1.96. The van der Waals surface area contributed by atoms with E-state index in [0.29, 0.717) is 0 Å². The lowest BCUT2D eigenvalue weighted by Gasteiger charge is -2.05. The van der Waals surface area contributed by atoms with Crippen molar-refractivity contribution < 1.29 is 0 Å². The van der Waals surface area contributed by atoms with Crippen LogP contribution in [0.15, 0.2) is 24.3 Å². The monoisotopic (exact) mass is 185 g/mol. The molecule has 1 aromatic carbocycles. The number of hydrogen-bond donors (Lipinski definition) is 1. The molecule has 0 spiro atoms. The second kappa shape index (κ2) is 5.18. The average Bonchev–Trinajstić information content (AvgIpc) is 2.05. The summed E-state index contributed by atoms with van der Waals surface area (Å²) in [5.74, 6) is 0. The van der Waals surface area contributed by atoms with E-state index < -0.39 is 0 Å². The van der Waals surface area contributed by atoms with Crippen molar-refractivity contribution in [3.63, 3.8) is 0 Å². The Kier molecular flexibility index (Phi) is 4.95. The van der Waals surface area contributed by atoms with Crippen LogP contribution in [0, 0.1) is 0 Å². The maximum atomic E-state index is 5.71. The molecule has 68 valence electrons. The van der Waals surface area contributed by atoms with E-state index in [-0.39, 0.29) is 18.4 Å². The highest BCUT2D eigenvalue weighted by Crippen LogP contribution is 2.10. The van der Waals surface area contributed by atoms with Crippen LogP contribution in [-0.2, 0) is 6.42 Å². The van der Waals surface area contributed by atoms with Crippen LogP contribution >= 0.6 is 12.4 Å². The van der Waals surface area contributed by atoms with Crippen molar-refractivity contribution in [2.75, 3.05) is 0 Å². The lowest BCUT2D eigenvalue weighted by molar-refractivity contribution is 0.817. The maximum absolute atomic E-state index is 5.71. The molecular weight excluding hydrogens is 170 g/mol. The quantitative estimate of drug-likeness (QED) is 0.754. The van der Waals surface area contributed by atoms with E-state index in [9.17, 15) is 0 Å². The summed E-state index contributed by atoms with van der Waals surface area (Å²) in [6.07, 6.45) is 1.10. The molecule has 1 aromatic rings. The van der Waals surface area contributed by atoms with E-state index >= 15 is 0 Å². The molecule has 0 aliphatic rings. The number of nitrogens with two attached hydrogens (primary N) is 1. The van der Waals surface area contributed by atoms with E-state index in [1.807, 2.05) is 6.92 Å². The van der Waals surface area contributed by atoms with Gasteiger partial charge >= 0.3 is 0 Å². The molecule has 1 atom stereocenters. The van der Waals surface area contributed by atoms with Gasteiger partial charge in [0, 0.05) is 6.04 Å². The molecule has 1 rings (SSSR count). The van der Waals surface area contributed by atoms with Crippen LogP contribution in [0.25, 0.3) is 0 Å². The van der Waals surface area contributed by atoms with E-state index in [0.717, 1.165) is 6.42 Å². The van der Waals surface area contributed by atoms with Gasteiger partial charge in [0.1, 0.15) is 0 Å². The Bertz CT molecular complexity index is 216. The summed E-state index contributed by atoms with van der Waals surface area (Å²) >= 11 is 0. The molecule has 0 radical (unpaired) electrons. The fourth-order valence-electron chi connectivity index (χ4n) is 1.06. The minimum Gasteiger partial charge on any atom is -0.324 e. The molecule has 0 heterocycles. The van der Waals surface area contributed by atoms with E-state index in [4.69, 9.17) is 5.73 Å². The topological polar surface area (TPSA) is 26.0 Å². The van der Waals surface area contributed by atoms with Crippen LogP contribution in [0.5, 0.6) is 0 Å². The molecule has 1 nitrogen and oxygen atoms in total. The second-order valence-electron chi connectivity index (χ2n) is 2.88. The first-order valence-electron chi connectivity index (χ1n) is 4.08. The Balaban J connectivity index is 0.00000121. The van der Waals surface area contributed by atoms with E-state index in [2.05, 4.69) is 31.2 Å². The Morgan fingerprint density at radius 1 is 1.25 bits per heavy atom. The molecule has 0 bridgehead atoms. The van der Waals surface area contributed by atoms with Crippen LogP contribution < -0.4 is 5.73 Å². The van der Waals surface area contributed by atoms with Crippen molar-refractivity contribution in [1.82, 2.24) is 0 Å². The lowest BCUT2D eigenvalue weighted by atomic mass is 10.1. The van der Waals surface area contributed by atoms with Gasteiger partial charge in [0.05, 0.1) is 0 Å². The SMILES string of the molecule is CCc1ccc([C@H](C)N)cc1.Cl. The molecule has 2 heteroatoms. The molecule has 0 aliphatic carbocycles. The summed E-state index contributed by atoms with van der Waals surface area (Å²) in [6, 6.07) is 8.63. The molecule has 0 unspecified atom stereocenters. The van der Waals surface area contributed by atoms with Crippen molar-refractivity contribution in [3.8, 4) is 0 Å². The van der Waals surface area contributed by atoms with Crippen LogP contribution in [0.2, 0.25) is 0 Å². The third kappa shape index (κ3) is 2.84. The number of benzene rings is 1. The van der Waals surface area contributed by atoms with Crippen LogP contribution in [0.4, 0.5) is 0 Å². The highest BCUT2D eigenvalue weighted by molar-refractivity contribution is 5.85. The van der Waals surface area contributed by atoms with E-state index in [1.165, 1.54) is 11.1 Å². The van der Waals surface area contributed by atoms with Crippen molar-refractivity contribution in [2.45, 2.75) is 26.3 Å². The number of aryl methyl sites for hydroxylation is 1. The number of halogens is 1. The van der Waals surface area contributed by atoms with Gasteiger partial charge in [-0.25, -0.2) is 0 Å². The fourth-order valence-corrected chi connectivity index (χ4v) is 1.06. The van der Waals surface area contributed by atoms with E-state index in [1.54, 1.807) is 0 Å². The average molecular weight is 186 g/mol. The van der Waals surface area contributed by atoms with Crippen molar-refractivity contribution in [3.05, 3.63) is 35.4 Å². The summed E-state index contributed by atoms with van der Waals surface area (Å²) in [4.78, 5) is 0. The zero-order valence-corrected chi connectivity index (χ0v) is 8.40. The van der Waals surface area contributed by atoms with Crippen molar-refractivity contribution >= 4 is 12.4 Å². The zero-order valence-electron chi connectivity index (χ0n) is 7.58. The van der Waals surface area contributed by atoms with Gasteiger partial charge in [-0.05, 0) is 24.5 Å². The first kappa shape index (κ1) is 11.5. The smallest absolute Gasteiger partial charge is 0.0266 e. The maximum Gasteiger partial charge on any atom is 0.0266 e. The minimum absolute atomic E-state index is 0. The Morgan fingerprint density at radius 3 is 2.08 bits per heavy atom. The van der Waals surface area contributed by atoms with Crippen molar-refractivity contribution in [2.24, 2.45) is 5.73 Å². The summed E-state index contributed by atoms with van der Waals surface area (Å²) in [5.41, 5.74) is 8.29. The summed E-state index contributed by atoms with van der Waals surface area (Å²) < 4.78 is 0. The number of rotatable bonds is 2. The van der Waals surface area contributed by atoms with Gasteiger partial charge < -0.3 is 5.73 Å². The standard InChI is InChI=1S/C10H15N.ClH/c1-3-9-4-6-10(7-5-9)8(2)11;/h4-8H,3,11H2,1-2H3;1H/t8-;/m0./s1. The largest absolute Gasteiger partial charge is 0.324 e.